The van der Waals surface area contributed by atoms with Crippen LogP contribution in [-0.4, -0.2) is 47.0 Å². The van der Waals surface area contributed by atoms with Crippen molar-refractivity contribution in [2.45, 2.75) is 6.18 Å². The van der Waals surface area contributed by atoms with Crippen molar-refractivity contribution in [3.05, 3.63) is 42.0 Å². The summed E-state index contributed by atoms with van der Waals surface area (Å²) in [6, 6.07) is 4.10. The number of hydrazine groups is 1. The van der Waals surface area contributed by atoms with E-state index in [1.165, 1.54) is 24.4 Å². The molecule has 0 bridgehead atoms. The number of carbonyl (C=O) groups excluding carboxylic acids is 2. The number of nitrogens with zero attached hydrogens (tertiary/aromatic N) is 4. The van der Waals surface area contributed by atoms with E-state index >= 15 is 0 Å². The van der Waals surface area contributed by atoms with Crippen molar-refractivity contribution < 1.29 is 27.5 Å². The fourth-order valence-corrected chi connectivity index (χ4v) is 3.75. The zero-order valence-electron chi connectivity index (χ0n) is 15.5. The Balaban J connectivity index is 1.33. The molecule has 1 saturated carbocycles. The van der Waals surface area contributed by atoms with E-state index in [1.54, 1.807) is 0 Å². The van der Waals surface area contributed by atoms with Crippen LogP contribution in [0.3, 0.4) is 0 Å². The molecule has 0 radical (unpaired) electrons. The van der Waals surface area contributed by atoms with Gasteiger partial charge < -0.3 is 9.64 Å². The monoisotopic (exact) mass is 422 g/mol. The number of halogens is 3. The molecular formula is C18H17F3N6O3. The Bertz CT molecular complexity index is 945. The van der Waals surface area contributed by atoms with Gasteiger partial charge in [-0.1, -0.05) is 0 Å². The van der Waals surface area contributed by atoms with Crippen molar-refractivity contribution in [2.75, 3.05) is 24.6 Å². The Morgan fingerprint density at radius 1 is 1.23 bits per heavy atom. The van der Waals surface area contributed by atoms with Gasteiger partial charge in [0.25, 0.3) is 5.91 Å². The molecule has 2 aromatic rings. The van der Waals surface area contributed by atoms with Gasteiger partial charge in [-0.25, -0.2) is 15.0 Å². The van der Waals surface area contributed by atoms with E-state index in [0.29, 0.717) is 25.4 Å². The van der Waals surface area contributed by atoms with Crippen molar-refractivity contribution >= 4 is 18.3 Å². The van der Waals surface area contributed by atoms with Gasteiger partial charge in [0.15, 0.2) is 5.69 Å². The minimum absolute atomic E-state index is 0.103. The van der Waals surface area contributed by atoms with E-state index in [-0.39, 0.29) is 35.8 Å². The van der Waals surface area contributed by atoms with E-state index in [0.717, 1.165) is 6.20 Å². The Labute approximate surface area is 168 Å². The molecule has 12 heteroatoms. The first-order chi connectivity index (χ1) is 14.4. The molecule has 3 atom stereocenters. The lowest BCUT2D eigenvalue weighted by atomic mass is 10.2. The Morgan fingerprint density at radius 3 is 2.70 bits per heavy atom. The second-order valence-corrected chi connectivity index (χ2v) is 7.01. The highest BCUT2D eigenvalue weighted by molar-refractivity contribution is 5.92. The lowest BCUT2D eigenvalue weighted by molar-refractivity contribution is -0.142. The normalized spacial score (nSPS) is 22.2. The topological polar surface area (TPSA) is 109 Å². The summed E-state index contributed by atoms with van der Waals surface area (Å²) in [4.78, 5) is 35.8. The van der Waals surface area contributed by atoms with Crippen LogP contribution in [0.15, 0.2) is 30.6 Å². The van der Waals surface area contributed by atoms with Gasteiger partial charge in [0.1, 0.15) is 11.4 Å². The van der Waals surface area contributed by atoms with E-state index < -0.39 is 17.8 Å². The largest absolute Gasteiger partial charge is 0.491 e. The number of anilines is 1. The van der Waals surface area contributed by atoms with Gasteiger partial charge in [0.2, 0.25) is 12.4 Å². The maximum Gasteiger partial charge on any atom is 0.437 e. The van der Waals surface area contributed by atoms with E-state index in [2.05, 4.69) is 25.8 Å². The quantitative estimate of drug-likeness (QED) is 0.507. The summed E-state index contributed by atoms with van der Waals surface area (Å²) in [5, 5.41) is 0. The summed E-state index contributed by atoms with van der Waals surface area (Å²) in [5.74, 6) is 0.205. The van der Waals surface area contributed by atoms with Gasteiger partial charge >= 0.3 is 6.18 Å². The van der Waals surface area contributed by atoms with Crippen molar-refractivity contribution in [3.8, 4) is 5.75 Å². The fourth-order valence-electron chi connectivity index (χ4n) is 3.75. The zero-order valence-corrected chi connectivity index (χ0v) is 15.5. The van der Waals surface area contributed by atoms with Crippen LogP contribution in [0.4, 0.5) is 19.1 Å². The SMILES string of the molecule is O=CNNC(=O)c1ccnc(N2C[C@@H]3[C@H](COc4cccnc4C(F)(F)F)[C@@H]3C2)n1. The summed E-state index contributed by atoms with van der Waals surface area (Å²) in [5.41, 5.74) is 3.30. The maximum absolute atomic E-state index is 13.0. The number of rotatable bonds is 7. The first-order valence-electron chi connectivity index (χ1n) is 9.11. The van der Waals surface area contributed by atoms with Crippen LogP contribution >= 0.6 is 0 Å². The lowest BCUT2D eigenvalue weighted by Crippen LogP contribution is -2.37. The Hall–Kier alpha value is -3.44. The van der Waals surface area contributed by atoms with Crippen LogP contribution in [-0.2, 0) is 11.0 Å². The molecule has 0 spiro atoms. The molecule has 2 aromatic heterocycles. The number of ether oxygens (including phenoxy) is 1. The molecule has 2 fully saturated rings. The van der Waals surface area contributed by atoms with E-state index in [1.807, 2.05) is 4.90 Å². The van der Waals surface area contributed by atoms with Crippen molar-refractivity contribution in [1.29, 1.82) is 0 Å². The third-order valence-corrected chi connectivity index (χ3v) is 5.24. The third kappa shape index (κ3) is 3.98. The number of hydrogen-bond donors (Lipinski definition) is 2. The number of hydrogen-bond acceptors (Lipinski definition) is 7. The standard InChI is InChI=1S/C18H17F3N6O3/c19-18(20,21)15-14(2-1-4-22-15)30-8-12-10-6-27(7-11(10)12)17-23-5-3-13(25-17)16(29)26-24-9-28/h1-5,9-12H,6-8H2,(H,24,28)(H,26,29)/t10-,11+,12-. The minimum atomic E-state index is -4.57. The van der Waals surface area contributed by atoms with Crippen molar-refractivity contribution in [3.63, 3.8) is 0 Å². The number of piperidine rings is 1. The van der Waals surface area contributed by atoms with Crippen LogP contribution in [0.25, 0.3) is 0 Å². The summed E-state index contributed by atoms with van der Waals surface area (Å²) in [6.07, 6.45) is -1.70. The van der Waals surface area contributed by atoms with Crippen molar-refractivity contribution in [2.24, 2.45) is 17.8 Å². The molecule has 4 rings (SSSR count). The average Bonchev–Trinajstić information content (AvgIpc) is 3.18. The van der Waals surface area contributed by atoms with Gasteiger partial charge in [0.05, 0.1) is 6.61 Å². The van der Waals surface area contributed by atoms with Gasteiger partial charge in [0, 0.05) is 31.4 Å². The van der Waals surface area contributed by atoms with Crippen LogP contribution in [0.5, 0.6) is 5.75 Å². The highest BCUT2D eigenvalue weighted by Crippen LogP contribution is 2.52. The molecule has 0 aromatic carbocycles. The summed E-state index contributed by atoms with van der Waals surface area (Å²) >= 11 is 0. The van der Waals surface area contributed by atoms with Gasteiger partial charge in [-0.05, 0) is 30.0 Å². The number of aromatic nitrogens is 3. The second kappa shape index (κ2) is 7.76. The number of nitrogens with one attached hydrogen (secondary N) is 2. The number of carbonyl (C=O) groups is 2. The van der Waals surface area contributed by atoms with Crippen LogP contribution < -0.4 is 20.5 Å². The molecule has 30 heavy (non-hydrogen) atoms. The lowest BCUT2D eigenvalue weighted by Gasteiger charge is -2.20. The first kappa shape index (κ1) is 19.9. The predicted octanol–water partition coefficient (Wildman–Crippen LogP) is 1.04. The number of fused-ring (bicyclic) bond motifs is 1. The number of alkyl halides is 3. The summed E-state index contributed by atoms with van der Waals surface area (Å²) < 4.78 is 44.4. The zero-order chi connectivity index (χ0) is 21.3. The first-order valence-corrected chi connectivity index (χ1v) is 9.11. The highest BCUT2D eigenvalue weighted by atomic mass is 19.4. The summed E-state index contributed by atoms with van der Waals surface area (Å²) in [6.45, 7) is 1.42. The number of amides is 2. The molecule has 1 aliphatic carbocycles. The molecule has 2 N–H and O–H groups in total. The molecule has 1 aliphatic heterocycles. The van der Waals surface area contributed by atoms with Crippen molar-refractivity contribution in [1.82, 2.24) is 25.8 Å². The van der Waals surface area contributed by atoms with Crippen LogP contribution in [0.2, 0.25) is 0 Å². The van der Waals surface area contributed by atoms with Gasteiger partial charge in [-0.2, -0.15) is 13.2 Å². The maximum atomic E-state index is 13.0. The number of pyridine rings is 1. The minimum Gasteiger partial charge on any atom is -0.491 e. The van der Waals surface area contributed by atoms with Crippen LogP contribution in [0.1, 0.15) is 16.2 Å². The molecule has 158 valence electrons. The molecule has 0 unspecified atom stereocenters. The van der Waals surface area contributed by atoms with E-state index in [9.17, 15) is 22.8 Å². The third-order valence-electron chi connectivity index (χ3n) is 5.24. The summed E-state index contributed by atoms with van der Waals surface area (Å²) in [7, 11) is 0. The van der Waals surface area contributed by atoms with Gasteiger partial charge in [-0.15, -0.1) is 0 Å². The fraction of sp³-hybridized carbons (Fsp3) is 0.389. The Morgan fingerprint density at radius 2 is 2.00 bits per heavy atom. The van der Waals surface area contributed by atoms with Gasteiger partial charge in [-0.3, -0.25) is 20.4 Å². The molecule has 3 heterocycles. The average molecular weight is 422 g/mol. The molecular weight excluding hydrogens is 405 g/mol. The van der Waals surface area contributed by atoms with Crippen LogP contribution in [0, 0.1) is 17.8 Å². The molecule has 9 nitrogen and oxygen atoms in total. The smallest absolute Gasteiger partial charge is 0.437 e. The molecule has 2 amide bonds. The second-order valence-electron chi connectivity index (χ2n) is 7.01. The Kier molecular flexibility index (Phi) is 5.14. The molecule has 2 aliphatic rings. The molecule has 1 saturated heterocycles. The highest BCUT2D eigenvalue weighted by Gasteiger charge is 2.56. The predicted molar refractivity (Wildman–Crippen MR) is 96.1 cm³/mol. The van der Waals surface area contributed by atoms with E-state index in [4.69, 9.17) is 4.74 Å².